The molecule has 2 rings (SSSR count). The summed E-state index contributed by atoms with van der Waals surface area (Å²) in [5.41, 5.74) is 1.16. The largest absolute Gasteiger partial charge is 0.496 e. The highest BCUT2D eigenvalue weighted by Gasteiger charge is 2.42. The van der Waals surface area contributed by atoms with Crippen LogP contribution in [0.3, 0.4) is 0 Å². The summed E-state index contributed by atoms with van der Waals surface area (Å²) in [7, 11) is 1.29. The van der Waals surface area contributed by atoms with Crippen LogP contribution in [0.1, 0.15) is 15.9 Å². The van der Waals surface area contributed by atoms with E-state index in [1.165, 1.54) is 25.3 Å². The molecule has 27 heavy (non-hydrogen) atoms. The number of carbonyl (C=O) groups excluding carboxylic acids is 2. The minimum atomic E-state index is -4.90. The monoisotopic (exact) mass is 381 g/mol. The molecule has 0 spiro atoms. The van der Waals surface area contributed by atoms with E-state index in [0.29, 0.717) is 5.69 Å². The van der Waals surface area contributed by atoms with Crippen molar-refractivity contribution in [3.8, 4) is 5.75 Å². The third kappa shape index (κ3) is 5.63. The van der Waals surface area contributed by atoms with Gasteiger partial charge in [-0.1, -0.05) is 29.8 Å². The average molecular weight is 381 g/mol. The van der Waals surface area contributed by atoms with Gasteiger partial charge in [-0.15, -0.1) is 0 Å². The van der Waals surface area contributed by atoms with Crippen LogP contribution in [0.25, 0.3) is 0 Å². The fourth-order valence-corrected chi connectivity index (χ4v) is 2.18. The van der Waals surface area contributed by atoms with Gasteiger partial charge in [0.1, 0.15) is 5.75 Å². The van der Waals surface area contributed by atoms with Crippen LogP contribution in [-0.2, 0) is 0 Å². The van der Waals surface area contributed by atoms with E-state index in [1.54, 1.807) is 41.0 Å². The van der Waals surface area contributed by atoms with Gasteiger partial charge in [0.2, 0.25) is 6.17 Å². The van der Waals surface area contributed by atoms with Crippen LogP contribution in [0.4, 0.5) is 23.7 Å². The van der Waals surface area contributed by atoms with Crippen molar-refractivity contribution >= 4 is 17.6 Å². The van der Waals surface area contributed by atoms with Crippen LogP contribution >= 0.6 is 0 Å². The Morgan fingerprint density at radius 1 is 1.00 bits per heavy atom. The number of alkyl halides is 3. The maximum Gasteiger partial charge on any atom is 0.427 e. The second-order valence-corrected chi connectivity index (χ2v) is 5.61. The van der Waals surface area contributed by atoms with Gasteiger partial charge in [0.15, 0.2) is 0 Å². The first kappa shape index (κ1) is 20.1. The first-order valence-electron chi connectivity index (χ1n) is 7.85. The van der Waals surface area contributed by atoms with Crippen molar-refractivity contribution in [2.45, 2.75) is 19.3 Å². The first-order valence-corrected chi connectivity index (χ1v) is 7.85. The van der Waals surface area contributed by atoms with E-state index in [9.17, 15) is 22.8 Å². The third-order valence-corrected chi connectivity index (χ3v) is 3.54. The molecule has 3 N–H and O–H groups in total. The van der Waals surface area contributed by atoms with E-state index in [-0.39, 0.29) is 11.3 Å². The fraction of sp³-hybridized carbons (Fsp3) is 0.222. The molecule has 1 atom stereocenters. The van der Waals surface area contributed by atoms with Crippen molar-refractivity contribution in [1.82, 2.24) is 10.6 Å². The minimum Gasteiger partial charge on any atom is -0.496 e. The number of urea groups is 1. The van der Waals surface area contributed by atoms with Gasteiger partial charge in [0, 0.05) is 5.69 Å². The van der Waals surface area contributed by atoms with Crippen LogP contribution in [0.15, 0.2) is 48.5 Å². The lowest BCUT2D eigenvalue weighted by Crippen LogP contribution is -2.57. The molecule has 0 saturated heterocycles. The molecule has 0 fully saturated rings. The van der Waals surface area contributed by atoms with Gasteiger partial charge in [0.05, 0.1) is 12.7 Å². The Labute approximate surface area is 153 Å². The van der Waals surface area contributed by atoms with E-state index in [2.05, 4.69) is 5.32 Å². The second kappa shape index (κ2) is 8.43. The Hall–Kier alpha value is -3.23. The molecule has 0 aromatic heterocycles. The number of rotatable bonds is 5. The highest BCUT2D eigenvalue weighted by Crippen LogP contribution is 2.21. The number of hydrogen-bond donors (Lipinski definition) is 3. The summed E-state index contributed by atoms with van der Waals surface area (Å²) in [4.78, 5) is 24.1. The number of amides is 3. The van der Waals surface area contributed by atoms with E-state index >= 15 is 0 Å². The topological polar surface area (TPSA) is 79.5 Å². The molecular formula is C18H18F3N3O3. The molecular weight excluding hydrogens is 363 g/mol. The lowest BCUT2D eigenvalue weighted by molar-refractivity contribution is -0.157. The lowest BCUT2D eigenvalue weighted by Gasteiger charge is -2.23. The molecule has 0 aliphatic carbocycles. The highest BCUT2D eigenvalue weighted by atomic mass is 19.4. The Morgan fingerprint density at radius 3 is 2.22 bits per heavy atom. The maximum atomic E-state index is 13.2. The summed E-state index contributed by atoms with van der Waals surface area (Å²) in [6.07, 6.45) is -7.48. The Balaban J connectivity index is 2.10. The van der Waals surface area contributed by atoms with Gasteiger partial charge in [-0.2, -0.15) is 13.2 Å². The molecule has 0 heterocycles. The number of para-hydroxylation sites is 1. The molecule has 3 amide bonds. The Kier molecular flexibility index (Phi) is 6.27. The maximum absolute atomic E-state index is 13.2. The molecule has 0 saturated carbocycles. The summed E-state index contributed by atoms with van der Waals surface area (Å²) < 4.78 is 44.7. The zero-order chi connectivity index (χ0) is 20.0. The van der Waals surface area contributed by atoms with Crippen molar-refractivity contribution < 1.29 is 27.5 Å². The summed E-state index contributed by atoms with van der Waals surface area (Å²) in [5.74, 6) is -0.926. The molecule has 0 radical (unpaired) electrons. The van der Waals surface area contributed by atoms with Crippen molar-refractivity contribution in [1.29, 1.82) is 0 Å². The van der Waals surface area contributed by atoms with Crippen LogP contribution < -0.4 is 20.7 Å². The highest BCUT2D eigenvalue weighted by molar-refractivity contribution is 5.97. The zero-order valence-electron chi connectivity index (χ0n) is 14.6. The molecule has 0 unspecified atom stereocenters. The predicted molar refractivity (Wildman–Crippen MR) is 93.6 cm³/mol. The molecule has 2 aromatic rings. The van der Waals surface area contributed by atoms with Gasteiger partial charge in [-0.3, -0.25) is 4.79 Å². The summed E-state index contributed by atoms with van der Waals surface area (Å²) in [5, 5.41) is 5.75. The fourth-order valence-electron chi connectivity index (χ4n) is 2.18. The summed E-state index contributed by atoms with van der Waals surface area (Å²) >= 11 is 0. The molecule has 0 bridgehead atoms. The third-order valence-electron chi connectivity index (χ3n) is 3.54. The van der Waals surface area contributed by atoms with E-state index in [0.717, 1.165) is 5.56 Å². The van der Waals surface area contributed by atoms with Crippen LogP contribution in [0, 0.1) is 6.92 Å². The quantitative estimate of drug-likeness (QED) is 0.694. The number of nitrogens with one attached hydrogen (secondary N) is 3. The minimum absolute atomic E-state index is 0.0880. The van der Waals surface area contributed by atoms with Gasteiger partial charge in [-0.25, -0.2) is 4.79 Å². The molecule has 0 aliphatic heterocycles. The van der Waals surface area contributed by atoms with Crippen LogP contribution in [0.5, 0.6) is 5.75 Å². The number of aryl methyl sites for hydroxylation is 1. The number of hydrogen-bond acceptors (Lipinski definition) is 3. The molecule has 0 aliphatic rings. The standard InChI is InChI=1S/C18H18F3N3O3/c1-11-7-9-12(10-8-11)22-17(26)24-16(18(19,20)21)23-15(25)13-5-3-4-6-14(13)27-2/h3-10,16H,1-2H3,(H,23,25)(H2,22,24,26)/t16-/m0/s1. The summed E-state index contributed by atoms with van der Waals surface area (Å²) in [6.45, 7) is 1.83. The van der Waals surface area contributed by atoms with Crippen molar-refractivity contribution in [3.05, 3.63) is 59.7 Å². The molecule has 2 aromatic carbocycles. The lowest BCUT2D eigenvalue weighted by atomic mass is 10.2. The van der Waals surface area contributed by atoms with Gasteiger partial charge in [0.25, 0.3) is 5.91 Å². The normalized spacial score (nSPS) is 12.0. The molecule has 144 valence electrons. The second-order valence-electron chi connectivity index (χ2n) is 5.61. The zero-order valence-corrected chi connectivity index (χ0v) is 14.6. The molecule has 6 nitrogen and oxygen atoms in total. The number of anilines is 1. The molecule has 9 heteroatoms. The average Bonchev–Trinajstić information content (AvgIpc) is 2.62. The van der Waals surface area contributed by atoms with Crippen molar-refractivity contribution in [3.63, 3.8) is 0 Å². The number of ether oxygens (including phenoxy) is 1. The number of halogens is 3. The van der Waals surface area contributed by atoms with Crippen molar-refractivity contribution in [2.24, 2.45) is 0 Å². The van der Waals surface area contributed by atoms with Gasteiger partial charge < -0.3 is 20.7 Å². The van der Waals surface area contributed by atoms with Crippen LogP contribution in [0.2, 0.25) is 0 Å². The summed E-state index contributed by atoms with van der Waals surface area (Å²) in [6, 6.07) is 11.2. The smallest absolute Gasteiger partial charge is 0.427 e. The predicted octanol–water partition coefficient (Wildman–Crippen LogP) is 3.44. The number of benzene rings is 2. The number of carbonyl (C=O) groups is 2. The van der Waals surface area contributed by atoms with Gasteiger partial charge >= 0.3 is 12.2 Å². The van der Waals surface area contributed by atoms with Gasteiger partial charge in [-0.05, 0) is 31.2 Å². The van der Waals surface area contributed by atoms with Crippen LogP contribution in [-0.4, -0.2) is 31.4 Å². The Morgan fingerprint density at radius 2 is 1.63 bits per heavy atom. The van der Waals surface area contributed by atoms with Crippen molar-refractivity contribution in [2.75, 3.05) is 12.4 Å². The SMILES string of the molecule is COc1ccccc1C(=O)N[C@@H](NC(=O)Nc1ccc(C)cc1)C(F)(F)F. The first-order chi connectivity index (χ1) is 12.7. The Bertz CT molecular complexity index is 807. The van der Waals surface area contributed by atoms with E-state index in [1.807, 2.05) is 6.92 Å². The van der Waals surface area contributed by atoms with E-state index < -0.39 is 24.3 Å². The van der Waals surface area contributed by atoms with E-state index in [4.69, 9.17) is 4.74 Å². The number of methoxy groups -OCH3 is 1.